The summed E-state index contributed by atoms with van der Waals surface area (Å²) in [7, 11) is 0. The first-order valence-electron chi connectivity index (χ1n) is 6.86. The van der Waals surface area contributed by atoms with E-state index in [1.165, 1.54) is 0 Å². The van der Waals surface area contributed by atoms with Crippen molar-refractivity contribution in [3.8, 4) is 12.3 Å². The van der Waals surface area contributed by atoms with Gasteiger partial charge < -0.3 is 9.88 Å². The molecule has 1 amide bonds. The van der Waals surface area contributed by atoms with Crippen LogP contribution in [0.3, 0.4) is 0 Å². The molecule has 1 N–H and O–H groups in total. The lowest BCUT2D eigenvalue weighted by Gasteiger charge is -2.27. The van der Waals surface area contributed by atoms with Gasteiger partial charge in [0, 0.05) is 12.5 Å². The number of amides is 1. The molecule has 1 aromatic rings. The number of hydrogen-bond donors (Lipinski definition) is 1. The lowest BCUT2D eigenvalue weighted by atomic mass is 9.96. The number of rotatable bonds is 3. The van der Waals surface area contributed by atoms with Crippen molar-refractivity contribution in [3.63, 3.8) is 0 Å². The Balaban J connectivity index is 2.17. The molecule has 2 atom stereocenters. The molecule has 0 radical (unpaired) electrons. The highest BCUT2D eigenvalue weighted by Crippen LogP contribution is 2.32. The Hall–Kier alpha value is -1.76. The minimum Gasteiger partial charge on any atom is -0.334 e. The topological polar surface area (TPSA) is 49.0 Å². The molecule has 0 aliphatic carbocycles. The Morgan fingerprint density at radius 3 is 2.89 bits per heavy atom. The SMILES string of the molecule is C#Cc1cnc([C@@H]2CCCN2C(=O)[C@@H](C)C(C)C)[nH]1. The zero-order chi connectivity index (χ0) is 14.0. The van der Waals surface area contributed by atoms with E-state index in [4.69, 9.17) is 6.42 Å². The number of carbonyl (C=O) groups excluding carboxylic acids is 1. The molecular weight excluding hydrogens is 238 g/mol. The zero-order valence-corrected chi connectivity index (χ0v) is 11.8. The molecule has 2 rings (SSSR count). The van der Waals surface area contributed by atoms with Gasteiger partial charge in [0.15, 0.2) is 0 Å². The number of aromatic nitrogens is 2. The lowest BCUT2D eigenvalue weighted by Crippen LogP contribution is -2.36. The van der Waals surface area contributed by atoms with Crippen LogP contribution in [-0.2, 0) is 4.79 Å². The maximum atomic E-state index is 12.5. The fourth-order valence-corrected chi connectivity index (χ4v) is 2.44. The first-order chi connectivity index (χ1) is 9.04. The monoisotopic (exact) mass is 259 g/mol. The number of nitrogens with one attached hydrogen (secondary N) is 1. The second kappa shape index (κ2) is 5.48. The molecule has 19 heavy (non-hydrogen) atoms. The van der Waals surface area contributed by atoms with Crippen molar-refractivity contribution >= 4 is 5.91 Å². The molecule has 0 unspecified atom stereocenters. The van der Waals surface area contributed by atoms with Crippen LogP contribution in [0.1, 0.15) is 51.2 Å². The van der Waals surface area contributed by atoms with Crippen molar-refractivity contribution < 1.29 is 4.79 Å². The summed E-state index contributed by atoms with van der Waals surface area (Å²) in [5, 5.41) is 0. The number of likely N-dealkylation sites (tertiary alicyclic amines) is 1. The molecule has 4 nitrogen and oxygen atoms in total. The predicted octanol–water partition coefficient (Wildman–Crippen LogP) is 2.35. The highest BCUT2D eigenvalue weighted by atomic mass is 16.2. The van der Waals surface area contributed by atoms with Crippen LogP contribution in [0.15, 0.2) is 6.20 Å². The van der Waals surface area contributed by atoms with Crippen LogP contribution in [0, 0.1) is 24.2 Å². The number of imidazole rings is 1. The van der Waals surface area contributed by atoms with Crippen molar-refractivity contribution in [3.05, 3.63) is 17.7 Å². The van der Waals surface area contributed by atoms with Gasteiger partial charge >= 0.3 is 0 Å². The minimum atomic E-state index is 0.0441. The van der Waals surface area contributed by atoms with Crippen LogP contribution >= 0.6 is 0 Å². The van der Waals surface area contributed by atoms with Crippen LogP contribution in [0.2, 0.25) is 0 Å². The summed E-state index contributed by atoms with van der Waals surface area (Å²) >= 11 is 0. The summed E-state index contributed by atoms with van der Waals surface area (Å²) < 4.78 is 0. The number of nitrogens with zero attached hydrogens (tertiary/aromatic N) is 2. The first kappa shape index (κ1) is 13.7. The Bertz CT molecular complexity index is 498. The van der Waals surface area contributed by atoms with Crippen LogP contribution < -0.4 is 0 Å². The predicted molar refractivity (Wildman–Crippen MR) is 74.2 cm³/mol. The van der Waals surface area contributed by atoms with Gasteiger partial charge in [-0.25, -0.2) is 4.98 Å². The second-order valence-electron chi connectivity index (χ2n) is 5.55. The summed E-state index contributed by atoms with van der Waals surface area (Å²) in [4.78, 5) is 21.9. The molecule has 2 heterocycles. The van der Waals surface area contributed by atoms with Crippen molar-refractivity contribution in [2.75, 3.05) is 6.54 Å². The summed E-state index contributed by atoms with van der Waals surface area (Å²) in [5.74, 6) is 3.97. The van der Waals surface area contributed by atoms with Gasteiger partial charge in [-0.1, -0.05) is 26.7 Å². The van der Waals surface area contributed by atoms with Gasteiger partial charge in [-0.2, -0.15) is 0 Å². The average Bonchev–Trinajstić information content (AvgIpc) is 3.04. The van der Waals surface area contributed by atoms with Crippen LogP contribution in [0.4, 0.5) is 0 Å². The number of aromatic amines is 1. The molecule has 1 aliphatic rings. The number of H-pyrrole nitrogens is 1. The molecule has 0 bridgehead atoms. The van der Waals surface area contributed by atoms with E-state index >= 15 is 0 Å². The normalized spacial score (nSPS) is 20.6. The molecular formula is C15H21N3O. The van der Waals surface area contributed by atoms with Crippen molar-refractivity contribution in [2.45, 2.75) is 39.7 Å². The number of terminal acetylenes is 1. The van der Waals surface area contributed by atoms with Gasteiger partial charge in [-0.15, -0.1) is 6.42 Å². The van der Waals surface area contributed by atoms with Crippen LogP contribution in [0.25, 0.3) is 0 Å². The quantitative estimate of drug-likeness (QED) is 0.847. The molecule has 0 saturated carbocycles. The smallest absolute Gasteiger partial charge is 0.226 e. The van der Waals surface area contributed by atoms with Gasteiger partial charge in [0.1, 0.15) is 11.5 Å². The maximum Gasteiger partial charge on any atom is 0.226 e. The van der Waals surface area contributed by atoms with Gasteiger partial charge in [-0.05, 0) is 18.8 Å². The summed E-state index contributed by atoms with van der Waals surface area (Å²) in [6.45, 7) is 6.97. The van der Waals surface area contributed by atoms with Crippen molar-refractivity contribution in [2.24, 2.45) is 11.8 Å². The van der Waals surface area contributed by atoms with Crippen molar-refractivity contribution in [1.29, 1.82) is 0 Å². The molecule has 0 spiro atoms. The molecule has 1 saturated heterocycles. The Morgan fingerprint density at radius 1 is 1.58 bits per heavy atom. The Morgan fingerprint density at radius 2 is 2.32 bits per heavy atom. The summed E-state index contributed by atoms with van der Waals surface area (Å²) in [5.41, 5.74) is 0.672. The van der Waals surface area contributed by atoms with Crippen LogP contribution in [0.5, 0.6) is 0 Å². The third kappa shape index (κ3) is 2.65. The van der Waals surface area contributed by atoms with E-state index < -0.39 is 0 Å². The third-order valence-corrected chi connectivity index (χ3v) is 3.99. The first-order valence-corrected chi connectivity index (χ1v) is 6.86. The second-order valence-corrected chi connectivity index (χ2v) is 5.55. The van der Waals surface area contributed by atoms with Crippen molar-refractivity contribution in [1.82, 2.24) is 14.9 Å². The molecule has 1 aliphatic heterocycles. The fourth-order valence-electron chi connectivity index (χ4n) is 2.44. The van der Waals surface area contributed by atoms with E-state index in [9.17, 15) is 4.79 Å². The van der Waals surface area contributed by atoms with E-state index in [2.05, 4.69) is 29.7 Å². The average molecular weight is 259 g/mol. The fraction of sp³-hybridized carbons (Fsp3) is 0.600. The van der Waals surface area contributed by atoms with E-state index in [0.717, 1.165) is 25.2 Å². The van der Waals surface area contributed by atoms with Gasteiger partial charge in [0.05, 0.1) is 12.2 Å². The lowest BCUT2D eigenvalue weighted by molar-refractivity contribution is -0.137. The van der Waals surface area contributed by atoms with Gasteiger partial charge in [-0.3, -0.25) is 4.79 Å². The molecule has 1 fully saturated rings. The maximum absolute atomic E-state index is 12.5. The molecule has 1 aromatic heterocycles. The van der Waals surface area contributed by atoms with Gasteiger partial charge in [0.2, 0.25) is 5.91 Å². The summed E-state index contributed by atoms with van der Waals surface area (Å²) in [6.07, 6.45) is 8.97. The molecule has 4 heteroatoms. The van der Waals surface area contributed by atoms with Crippen LogP contribution in [-0.4, -0.2) is 27.3 Å². The highest BCUT2D eigenvalue weighted by Gasteiger charge is 2.34. The van der Waals surface area contributed by atoms with E-state index in [1.807, 2.05) is 11.8 Å². The number of hydrogen-bond acceptors (Lipinski definition) is 2. The zero-order valence-electron chi connectivity index (χ0n) is 11.8. The van der Waals surface area contributed by atoms with Gasteiger partial charge in [0.25, 0.3) is 0 Å². The van der Waals surface area contributed by atoms with E-state index in [1.54, 1.807) is 6.20 Å². The Labute approximate surface area is 114 Å². The standard InChI is InChI=1S/C15H21N3O/c1-5-12-9-16-14(17-12)13-7-6-8-18(13)15(19)11(4)10(2)3/h1,9-11,13H,6-8H2,2-4H3,(H,16,17)/t11-,13-/m0/s1. The summed E-state index contributed by atoms with van der Waals surface area (Å²) in [6, 6.07) is 0.0517. The number of carbonyl (C=O) groups is 1. The third-order valence-electron chi connectivity index (χ3n) is 3.99. The largest absolute Gasteiger partial charge is 0.334 e. The van der Waals surface area contributed by atoms with E-state index in [0.29, 0.717) is 11.6 Å². The molecule has 102 valence electrons. The van der Waals surface area contributed by atoms with E-state index in [-0.39, 0.29) is 17.9 Å². The highest BCUT2D eigenvalue weighted by molar-refractivity contribution is 5.79. The Kier molecular flexibility index (Phi) is 3.94. The molecule has 0 aromatic carbocycles. The minimum absolute atomic E-state index is 0.0441.